The predicted octanol–water partition coefficient (Wildman–Crippen LogP) is 1.62. The first kappa shape index (κ1) is 16.0. The lowest BCUT2D eigenvalue weighted by Gasteiger charge is -2.08. The first-order chi connectivity index (χ1) is 9.52. The van der Waals surface area contributed by atoms with Crippen LogP contribution in [0.1, 0.15) is 6.42 Å². The molecule has 5 nitrogen and oxygen atoms in total. The molecular weight excluding hydrogens is 287 g/mol. The second-order valence-corrected chi connectivity index (χ2v) is 4.24. The molecule has 1 rings (SSSR count). The van der Waals surface area contributed by atoms with E-state index >= 15 is 0 Å². The number of ether oxygens (including phenoxy) is 1. The molecule has 2 N–H and O–H groups in total. The summed E-state index contributed by atoms with van der Waals surface area (Å²) in [6, 6.07) is 3.92. The van der Waals surface area contributed by atoms with Gasteiger partial charge in [0.2, 0.25) is 6.41 Å². The standard InChI is InChI=1S/C13H14ClFN2O3/c1-9(17-8-18)4-5-16-13(19)7-20-10-2-3-11(14)12(15)6-10/h2-3,6,8H,1,4-5,7H2,(H,16,19)(H,17,18). The van der Waals surface area contributed by atoms with Crippen LogP contribution in [0.2, 0.25) is 5.02 Å². The minimum absolute atomic E-state index is 0.0111. The van der Waals surface area contributed by atoms with Gasteiger partial charge in [-0.1, -0.05) is 18.2 Å². The van der Waals surface area contributed by atoms with Crippen molar-refractivity contribution in [3.63, 3.8) is 0 Å². The molecule has 2 amide bonds. The van der Waals surface area contributed by atoms with E-state index in [0.717, 1.165) is 6.07 Å². The molecule has 0 atom stereocenters. The summed E-state index contributed by atoms with van der Waals surface area (Å²) in [7, 11) is 0. The lowest BCUT2D eigenvalue weighted by atomic mass is 10.3. The number of nitrogens with one attached hydrogen (secondary N) is 2. The maximum atomic E-state index is 13.1. The van der Waals surface area contributed by atoms with Crippen molar-refractivity contribution in [1.29, 1.82) is 0 Å². The van der Waals surface area contributed by atoms with Crippen molar-refractivity contribution in [2.24, 2.45) is 0 Å². The van der Waals surface area contributed by atoms with E-state index in [0.29, 0.717) is 25.1 Å². The van der Waals surface area contributed by atoms with Crippen LogP contribution in [-0.2, 0) is 9.59 Å². The van der Waals surface area contributed by atoms with E-state index < -0.39 is 5.82 Å². The van der Waals surface area contributed by atoms with E-state index in [4.69, 9.17) is 16.3 Å². The molecule has 108 valence electrons. The van der Waals surface area contributed by atoms with E-state index in [1.54, 1.807) is 0 Å². The van der Waals surface area contributed by atoms with Gasteiger partial charge in [0.05, 0.1) is 5.02 Å². The molecule has 0 radical (unpaired) electrons. The Kier molecular flexibility index (Phi) is 6.52. The summed E-state index contributed by atoms with van der Waals surface area (Å²) >= 11 is 5.52. The zero-order valence-electron chi connectivity index (χ0n) is 10.6. The van der Waals surface area contributed by atoms with Gasteiger partial charge in [-0.2, -0.15) is 0 Å². The molecule has 0 aliphatic heterocycles. The van der Waals surface area contributed by atoms with Crippen LogP contribution in [0.5, 0.6) is 5.75 Å². The van der Waals surface area contributed by atoms with Crippen LogP contribution in [0.25, 0.3) is 0 Å². The van der Waals surface area contributed by atoms with Crippen LogP contribution < -0.4 is 15.4 Å². The van der Waals surface area contributed by atoms with Gasteiger partial charge in [0.15, 0.2) is 6.61 Å². The minimum atomic E-state index is -0.610. The number of hydrogen-bond donors (Lipinski definition) is 2. The van der Waals surface area contributed by atoms with Gasteiger partial charge in [-0.05, 0) is 12.1 Å². The zero-order chi connectivity index (χ0) is 15.0. The molecule has 0 bridgehead atoms. The molecule has 1 aromatic rings. The lowest BCUT2D eigenvalue weighted by molar-refractivity contribution is -0.123. The first-order valence-electron chi connectivity index (χ1n) is 5.75. The first-order valence-corrected chi connectivity index (χ1v) is 6.13. The second kappa shape index (κ2) is 8.16. The molecule has 0 aliphatic rings. The van der Waals surface area contributed by atoms with Crippen LogP contribution in [0.15, 0.2) is 30.5 Å². The monoisotopic (exact) mass is 300 g/mol. The molecule has 0 aromatic heterocycles. The van der Waals surface area contributed by atoms with E-state index in [9.17, 15) is 14.0 Å². The largest absolute Gasteiger partial charge is 0.484 e. The van der Waals surface area contributed by atoms with Crippen LogP contribution in [-0.4, -0.2) is 25.5 Å². The van der Waals surface area contributed by atoms with Gasteiger partial charge in [0.25, 0.3) is 5.91 Å². The molecule has 0 heterocycles. The molecule has 0 unspecified atom stereocenters. The molecular formula is C13H14ClFN2O3. The fourth-order valence-corrected chi connectivity index (χ4v) is 1.39. The topological polar surface area (TPSA) is 67.4 Å². The Labute approximate surface area is 120 Å². The van der Waals surface area contributed by atoms with Gasteiger partial charge in [-0.25, -0.2) is 4.39 Å². The normalized spacial score (nSPS) is 9.70. The summed E-state index contributed by atoms with van der Waals surface area (Å²) in [5, 5.41) is 4.93. The average Bonchev–Trinajstić information content (AvgIpc) is 2.40. The number of carbonyl (C=O) groups is 2. The smallest absolute Gasteiger partial charge is 0.257 e. The van der Waals surface area contributed by atoms with Crippen LogP contribution in [0.3, 0.4) is 0 Å². The Bertz CT molecular complexity index is 508. The molecule has 0 aliphatic carbocycles. The third kappa shape index (κ3) is 5.71. The average molecular weight is 301 g/mol. The molecule has 0 saturated heterocycles. The van der Waals surface area contributed by atoms with Crippen molar-refractivity contribution in [3.05, 3.63) is 41.3 Å². The van der Waals surface area contributed by atoms with Gasteiger partial charge in [0.1, 0.15) is 11.6 Å². The Morgan fingerprint density at radius 1 is 1.50 bits per heavy atom. The summed E-state index contributed by atoms with van der Waals surface area (Å²) in [5.74, 6) is -0.755. The summed E-state index contributed by atoms with van der Waals surface area (Å²) in [4.78, 5) is 21.5. The summed E-state index contributed by atoms with van der Waals surface area (Å²) in [5.41, 5.74) is 0.501. The summed E-state index contributed by atoms with van der Waals surface area (Å²) in [6.45, 7) is 3.65. The molecule has 7 heteroatoms. The Morgan fingerprint density at radius 2 is 2.25 bits per heavy atom. The summed E-state index contributed by atoms with van der Waals surface area (Å²) < 4.78 is 18.2. The Hall–Kier alpha value is -2.08. The maximum Gasteiger partial charge on any atom is 0.257 e. The molecule has 0 fully saturated rings. The van der Waals surface area contributed by atoms with Crippen molar-refractivity contribution >= 4 is 23.9 Å². The van der Waals surface area contributed by atoms with Crippen molar-refractivity contribution in [1.82, 2.24) is 10.6 Å². The van der Waals surface area contributed by atoms with Crippen molar-refractivity contribution < 1.29 is 18.7 Å². The van der Waals surface area contributed by atoms with Gasteiger partial charge in [-0.3, -0.25) is 9.59 Å². The van der Waals surface area contributed by atoms with E-state index in [2.05, 4.69) is 17.2 Å². The fraction of sp³-hybridized carbons (Fsp3) is 0.231. The quantitative estimate of drug-likeness (QED) is 0.717. The highest BCUT2D eigenvalue weighted by atomic mass is 35.5. The number of hydrogen-bond acceptors (Lipinski definition) is 3. The van der Waals surface area contributed by atoms with Crippen molar-refractivity contribution in [2.45, 2.75) is 6.42 Å². The Balaban J connectivity index is 2.27. The van der Waals surface area contributed by atoms with Gasteiger partial charge in [-0.15, -0.1) is 0 Å². The molecule has 0 saturated carbocycles. The van der Waals surface area contributed by atoms with E-state index in [1.807, 2.05) is 0 Å². The minimum Gasteiger partial charge on any atom is -0.484 e. The third-order valence-corrected chi connectivity index (χ3v) is 2.58. The van der Waals surface area contributed by atoms with E-state index in [-0.39, 0.29) is 23.3 Å². The molecule has 20 heavy (non-hydrogen) atoms. The van der Waals surface area contributed by atoms with Crippen molar-refractivity contribution in [2.75, 3.05) is 13.2 Å². The zero-order valence-corrected chi connectivity index (χ0v) is 11.4. The lowest BCUT2D eigenvalue weighted by Crippen LogP contribution is -2.30. The highest BCUT2D eigenvalue weighted by molar-refractivity contribution is 6.30. The van der Waals surface area contributed by atoms with Gasteiger partial charge in [0, 0.05) is 24.7 Å². The molecule has 0 spiro atoms. The number of rotatable bonds is 8. The van der Waals surface area contributed by atoms with Gasteiger partial charge < -0.3 is 15.4 Å². The summed E-state index contributed by atoms with van der Waals surface area (Å²) in [6.07, 6.45) is 0.933. The highest BCUT2D eigenvalue weighted by Crippen LogP contribution is 2.20. The SMILES string of the molecule is C=C(CCNC(=O)COc1ccc(Cl)c(F)c1)NC=O. The van der Waals surface area contributed by atoms with Crippen LogP contribution >= 0.6 is 11.6 Å². The van der Waals surface area contributed by atoms with Gasteiger partial charge >= 0.3 is 0 Å². The fourth-order valence-electron chi connectivity index (χ4n) is 1.27. The van der Waals surface area contributed by atoms with Crippen LogP contribution in [0.4, 0.5) is 4.39 Å². The number of benzene rings is 1. The Morgan fingerprint density at radius 3 is 2.90 bits per heavy atom. The highest BCUT2D eigenvalue weighted by Gasteiger charge is 2.05. The number of carbonyl (C=O) groups excluding carboxylic acids is 2. The number of halogens is 2. The third-order valence-electron chi connectivity index (χ3n) is 2.27. The number of amides is 2. The van der Waals surface area contributed by atoms with E-state index in [1.165, 1.54) is 12.1 Å². The molecule has 1 aromatic carbocycles. The second-order valence-electron chi connectivity index (χ2n) is 3.83. The predicted molar refractivity (Wildman–Crippen MR) is 72.9 cm³/mol. The van der Waals surface area contributed by atoms with Crippen LogP contribution in [0, 0.1) is 5.82 Å². The van der Waals surface area contributed by atoms with Crippen molar-refractivity contribution in [3.8, 4) is 5.75 Å². The maximum absolute atomic E-state index is 13.1.